The molecule has 1 aliphatic rings. The van der Waals surface area contributed by atoms with Crippen LogP contribution in [0, 0.1) is 6.92 Å². The largest absolute Gasteiger partial charge is 0.455 e. The Balaban J connectivity index is 1.64. The fraction of sp³-hybridized carbons (Fsp3) is 0.222. The predicted octanol–water partition coefficient (Wildman–Crippen LogP) is 5.53. The lowest BCUT2D eigenvalue weighted by atomic mass is 9.95. The molecule has 1 aliphatic heterocycles. The van der Waals surface area contributed by atoms with Crippen LogP contribution >= 0.6 is 0 Å². The van der Waals surface area contributed by atoms with Crippen molar-refractivity contribution in [2.45, 2.75) is 32.2 Å². The number of fused-ring (bicyclic) bond motifs is 1. The summed E-state index contributed by atoms with van der Waals surface area (Å²) in [5.74, 6) is 0.390. The molecule has 3 heterocycles. The van der Waals surface area contributed by atoms with E-state index in [1.807, 2.05) is 53.6 Å². The summed E-state index contributed by atoms with van der Waals surface area (Å²) < 4.78 is 6.28. The number of para-hydroxylation sites is 1. The van der Waals surface area contributed by atoms with Gasteiger partial charge in [-0.2, -0.15) is 0 Å². The van der Waals surface area contributed by atoms with Crippen LogP contribution in [0.1, 0.15) is 46.8 Å². The number of hydrogen-bond donors (Lipinski definition) is 0. The first-order valence-corrected chi connectivity index (χ1v) is 11.0. The zero-order valence-electron chi connectivity index (χ0n) is 18.0. The summed E-state index contributed by atoms with van der Waals surface area (Å²) in [5.41, 5.74) is 3.05. The average Bonchev–Trinajstić information content (AvgIpc) is 2.86. The second kappa shape index (κ2) is 8.42. The van der Waals surface area contributed by atoms with Gasteiger partial charge in [-0.05, 0) is 49.9 Å². The van der Waals surface area contributed by atoms with Gasteiger partial charge in [-0.3, -0.25) is 14.6 Å². The van der Waals surface area contributed by atoms with Gasteiger partial charge in [0.1, 0.15) is 5.76 Å². The molecular weight excluding hydrogens is 400 g/mol. The molecule has 4 aromatic rings. The molecule has 0 bridgehead atoms. The molecule has 1 fully saturated rings. The Bertz CT molecular complexity index is 1330. The number of nitrogens with zero attached hydrogens (tertiary/aromatic N) is 2. The molecule has 160 valence electrons. The first kappa shape index (κ1) is 20.2. The van der Waals surface area contributed by atoms with Crippen molar-refractivity contribution in [3.05, 3.63) is 100.0 Å². The van der Waals surface area contributed by atoms with Crippen molar-refractivity contribution in [3.8, 4) is 11.3 Å². The third-order valence-corrected chi connectivity index (χ3v) is 6.24. The van der Waals surface area contributed by atoms with Crippen LogP contribution < -0.4 is 5.43 Å². The molecule has 2 aromatic carbocycles. The number of amides is 1. The van der Waals surface area contributed by atoms with Gasteiger partial charge in [-0.25, -0.2) is 0 Å². The molecule has 0 aliphatic carbocycles. The number of rotatable bonds is 3. The minimum atomic E-state index is -0.116. The van der Waals surface area contributed by atoms with Crippen molar-refractivity contribution in [3.63, 3.8) is 0 Å². The molecule has 0 saturated carbocycles. The fourth-order valence-electron chi connectivity index (χ4n) is 4.59. The summed E-state index contributed by atoms with van der Waals surface area (Å²) >= 11 is 0. The maximum absolute atomic E-state index is 13.8. The van der Waals surface area contributed by atoms with E-state index in [-0.39, 0.29) is 17.4 Å². The Morgan fingerprint density at radius 2 is 1.88 bits per heavy atom. The zero-order chi connectivity index (χ0) is 22.1. The molecule has 1 saturated heterocycles. The molecule has 5 nitrogen and oxygen atoms in total. The number of pyridine rings is 1. The van der Waals surface area contributed by atoms with Gasteiger partial charge in [0.15, 0.2) is 11.0 Å². The van der Waals surface area contributed by atoms with Crippen molar-refractivity contribution in [2.75, 3.05) is 6.54 Å². The van der Waals surface area contributed by atoms with Crippen LogP contribution in [0.5, 0.6) is 0 Å². The fourth-order valence-corrected chi connectivity index (χ4v) is 4.59. The van der Waals surface area contributed by atoms with Crippen LogP contribution in [0.3, 0.4) is 0 Å². The lowest BCUT2D eigenvalue weighted by Gasteiger charge is -2.36. The highest BCUT2D eigenvalue weighted by Crippen LogP contribution is 2.34. The number of benzene rings is 2. The van der Waals surface area contributed by atoms with E-state index in [2.05, 4.69) is 4.98 Å². The van der Waals surface area contributed by atoms with Gasteiger partial charge < -0.3 is 9.32 Å². The molecule has 1 amide bonds. The predicted molar refractivity (Wildman–Crippen MR) is 125 cm³/mol. The van der Waals surface area contributed by atoms with Crippen LogP contribution in [-0.2, 0) is 0 Å². The second-order valence-corrected chi connectivity index (χ2v) is 8.23. The maximum Gasteiger partial charge on any atom is 0.258 e. The summed E-state index contributed by atoms with van der Waals surface area (Å²) in [6, 6.07) is 18.7. The molecule has 1 unspecified atom stereocenters. The number of piperidine rings is 1. The van der Waals surface area contributed by atoms with Crippen molar-refractivity contribution >= 4 is 16.9 Å². The van der Waals surface area contributed by atoms with E-state index in [1.54, 1.807) is 31.3 Å². The normalized spacial score (nSPS) is 16.3. The van der Waals surface area contributed by atoms with Crippen LogP contribution in [0.15, 0.2) is 82.3 Å². The van der Waals surface area contributed by atoms with Crippen LogP contribution in [0.4, 0.5) is 0 Å². The Morgan fingerprint density at radius 1 is 1.03 bits per heavy atom. The number of carbonyl (C=O) groups is 1. The van der Waals surface area contributed by atoms with Gasteiger partial charge >= 0.3 is 0 Å². The molecule has 2 aromatic heterocycles. The number of carbonyl (C=O) groups excluding carboxylic acids is 1. The molecular formula is C27H24N2O3. The smallest absolute Gasteiger partial charge is 0.258 e. The first-order chi connectivity index (χ1) is 15.6. The van der Waals surface area contributed by atoms with E-state index < -0.39 is 0 Å². The first-order valence-electron chi connectivity index (χ1n) is 11.0. The molecule has 5 heteroatoms. The highest BCUT2D eigenvalue weighted by Gasteiger charge is 2.30. The van der Waals surface area contributed by atoms with Crippen LogP contribution in [0.2, 0.25) is 0 Å². The topological polar surface area (TPSA) is 63.4 Å². The average molecular weight is 424 g/mol. The second-order valence-electron chi connectivity index (χ2n) is 8.23. The van der Waals surface area contributed by atoms with Gasteiger partial charge in [0.05, 0.1) is 17.0 Å². The molecule has 0 radical (unpaired) electrons. The van der Waals surface area contributed by atoms with Crippen LogP contribution in [0.25, 0.3) is 22.3 Å². The lowest BCUT2D eigenvalue weighted by molar-refractivity contribution is 0.0612. The lowest BCUT2D eigenvalue weighted by Crippen LogP contribution is -2.38. The van der Waals surface area contributed by atoms with Gasteiger partial charge in [0.2, 0.25) is 0 Å². The summed E-state index contributed by atoms with van der Waals surface area (Å²) in [4.78, 5) is 33.1. The standard InChI is InChI=1S/C27H24N2O3/c1-18-24(30)21-12-7-13-22(26(21)32-25(18)19-9-3-2-4-10-19)27(31)29-16-6-5-14-23(29)20-11-8-15-28-17-20/h2-4,7-13,15,17,23H,5-6,14,16H2,1H3. The number of aromatic nitrogens is 1. The van der Waals surface area contributed by atoms with Gasteiger partial charge in [-0.15, -0.1) is 0 Å². The van der Waals surface area contributed by atoms with E-state index in [9.17, 15) is 9.59 Å². The minimum Gasteiger partial charge on any atom is -0.455 e. The summed E-state index contributed by atoms with van der Waals surface area (Å²) in [5, 5.41) is 0.433. The number of likely N-dealkylation sites (tertiary alicyclic amines) is 1. The third kappa shape index (κ3) is 3.50. The van der Waals surface area contributed by atoms with Crippen molar-refractivity contribution in [1.82, 2.24) is 9.88 Å². The summed E-state index contributed by atoms with van der Waals surface area (Å²) in [6.45, 7) is 2.43. The molecule has 5 rings (SSSR count). The molecule has 0 spiro atoms. The Morgan fingerprint density at radius 3 is 2.66 bits per heavy atom. The van der Waals surface area contributed by atoms with Crippen LogP contribution in [-0.4, -0.2) is 22.3 Å². The van der Waals surface area contributed by atoms with E-state index >= 15 is 0 Å². The van der Waals surface area contributed by atoms with Gasteiger partial charge in [0.25, 0.3) is 5.91 Å². The molecule has 32 heavy (non-hydrogen) atoms. The molecule has 0 N–H and O–H groups in total. The van der Waals surface area contributed by atoms with Crippen molar-refractivity contribution < 1.29 is 9.21 Å². The van der Waals surface area contributed by atoms with E-state index in [4.69, 9.17) is 4.42 Å². The van der Waals surface area contributed by atoms with E-state index in [1.165, 1.54) is 0 Å². The molecule has 1 atom stereocenters. The zero-order valence-corrected chi connectivity index (χ0v) is 18.0. The quantitative estimate of drug-likeness (QED) is 0.434. The summed E-state index contributed by atoms with van der Waals surface area (Å²) in [6.07, 6.45) is 6.47. The monoisotopic (exact) mass is 424 g/mol. The third-order valence-electron chi connectivity index (χ3n) is 6.24. The van der Waals surface area contributed by atoms with Crippen molar-refractivity contribution in [1.29, 1.82) is 0 Å². The Kier molecular flexibility index (Phi) is 5.31. The Hall–Kier alpha value is -3.73. The number of hydrogen-bond acceptors (Lipinski definition) is 4. The van der Waals surface area contributed by atoms with Crippen molar-refractivity contribution in [2.24, 2.45) is 0 Å². The summed E-state index contributed by atoms with van der Waals surface area (Å²) in [7, 11) is 0. The van der Waals surface area contributed by atoms with Gasteiger partial charge in [-0.1, -0.05) is 42.5 Å². The van der Waals surface area contributed by atoms with E-state index in [0.29, 0.717) is 34.4 Å². The van der Waals surface area contributed by atoms with E-state index in [0.717, 1.165) is 30.4 Å². The Labute approximate surface area is 186 Å². The maximum atomic E-state index is 13.8. The highest BCUT2D eigenvalue weighted by atomic mass is 16.3. The minimum absolute atomic E-state index is 0.0361. The highest BCUT2D eigenvalue weighted by molar-refractivity contribution is 6.05. The van der Waals surface area contributed by atoms with Gasteiger partial charge in [0, 0.05) is 30.1 Å². The SMILES string of the molecule is Cc1c(-c2ccccc2)oc2c(C(=O)N3CCCCC3c3cccnc3)cccc2c1=O.